The van der Waals surface area contributed by atoms with Crippen molar-refractivity contribution in [2.24, 2.45) is 5.92 Å². The summed E-state index contributed by atoms with van der Waals surface area (Å²) in [7, 11) is 0. The van der Waals surface area contributed by atoms with E-state index in [1.807, 2.05) is 4.90 Å². The maximum atomic E-state index is 12.3. The van der Waals surface area contributed by atoms with Crippen molar-refractivity contribution in [2.45, 2.75) is 26.2 Å². The Morgan fingerprint density at radius 3 is 2.89 bits per heavy atom. The molecule has 1 aromatic rings. The number of hydrogen-bond acceptors (Lipinski definition) is 3. The Kier molecular flexibility index (Phi) is 4.07. The minimum absolute atomic E-state index is 0.00171. The van der Waals surface area contributed by atoms with E-state index >= 15 is 0 Å². The number of carbonyl (C=O) groups excluding carboxylic acids is 1. The van der Waals surface area contributed by atoms with Crippen LogP contribution in [0, 0.1) is 5.92 Å². The molecule has 1 fully saturated rings. The fourth-order valence-corrected chi connectivity index (χ4v) is 2.07. The SMILES string of the molecule is CCCN(CC1CC1)C(=O)c1cnc(N)c(Cl)c1. The Morgan fingerprint density at radius 1 is 1.61 bits per heavy atom. The van der Waals surface area contributed by atoms with Crippen molar-refractivity contribution in [1.82, 2.24) is 9.88 Å². The first-order valence-corrected chi connectivity index (χ1v) is 6.70. The first-order valence-electron chi connectivity index (χ1n) is 6.32. The predicted molar refractivity (Wildman–Crippen MR) is 72.6 cm³/mol. The second kappa shape index (κ2) is 5.57. The van der Waals surface area contributed by atoms with Gasteiger partial charge in [0.05, 0.1) is 10.6 Å². The Morgan fingerprint density at radius 2 is 2.33 bits per heavy atom. The Balaban J connectivity index is 2.12. The molecular weight excluding hydrogens is 250 g/mol. The molecule has 1 aliphatic rings. The van der Waals surface area contributed by atoms with Gasteiger partial charge in [0.15, 0.2) is 0 Å². The molecule has 4 nitrogen and oxygen atoms in total. The van der Waals surface area contributed by atoms with Crippen molar-refractivity contribution in [3.05, 3.63) is 22.8 Å². The summed E-state index contributed by atoms with van der Waals surface area (Å²) in [6.07, 6.45) is 4.91. The molecule has 0 spiro atoms. The van der Waals surface area contributed by atoms with Crippen LogP contribution < -0.4 is 5.73 Å². The molecule has 1 aromatic heterocycles. The molecule has 1 saturated carbocycles. The number of nitrogens with zero attached hydrogens (tertiary/aromatic N) is 2. The third-order valence-corrected chi connectivity index (χ3v) is 3.38. The number of aromatic nitrogens is 1. The van der Waals surface area contributed by atoms with Crippen LogP contribution in [0.2, 0.25) is 5.02 Å². The average Bonchev–Trinajstić information content (AvgIpc) is 3.15. The van der Waals surface area contributed by atoms with E-state index in [2.05, 4.69) is 11.9 Å². The molecule has 5 heteroatoms. The number of nitrogens with two attached hydrogens (primary N) is 1. The summed E-state index contributed by atoms with van der Waals surface area (Å²) in [4.78, 5) is 18.2. The number of pyridine rings is 1. The zero-order valence-corrected chi connectivity index (χ0v) is 11.3. The lowest BCUT2D eigenvalue weighted by Gasteiger charge is -2.22. The van der Waals surface area contributed by atoms with E-state index < -0.39 is 0 Å². The van der Waals surface area contributed by atoms with Gasteiger partial charge in [0.1, 0.15) is 5.82 Å². The number of hydrogen-bond donors (Lipinski definition) is 1. The number of nitrogen functional groups attached to an aromatic ring is 1. The summed E-state index contributed by atoms with van der Waals surface area (Å²) in [5, 5.41) is 0.337. The zero-order chi connectivity index (χ0) is 13.1. The first kappa shape index (κ1) is 13.1. The molecule has 18 heavy (non-hydrogen) atoms. The molecule has 1 heterocycles. The molecule has 0 atom stereocenters. The summed E-state index contributed by atoms with van der Waals surface area (Å²) < 4.78 is 0. The second-order valence-electron chi connectivity index (χ2n) is 4.79. The van der Waals surface area contributed by atoms with E-state index in [9.17, 15) is 4.79 Å². The molecule has 0 radical (unpaired) electrons. The van der Waals surface area contributed by atoms with Crippen molar-refractivity contribution >= 4 is 23.3 Å². The van der Waals surface area contributed by atoms with Crippen LogP contribution >= 0.6 is 11.6 Å². The topological polar surface area (TPSA) is 59.2 Å². The molecule has 1 amide bonds. The van der Waals surface area contributed by atoms with E-state index in [0.717, 1.165) is 19.5 Å². The van der Waals surface area contributed by atoms with Crippen LogP contribution in [0.15, 0.2) is 12.3 Å². The zero-order valence-electron chi connectivity index (χ0n) is 10.5. The standard InChI is InChI=1S/C13H18ClN3O/c1-2-5-17(8-9-3-4-9)13(18)10-6-11(14)12(15)16-7-10/h6-7,9H,2-5,8H2,1H3,(H2,15,16). The fourth-order valence-electron chi connectivity index (χ4n) is 1.91. The quantitative estimate of drug-likeness (QED) is 0.892. The number of amides is 1. The summed E-state index contributed by atoms with van der Waals surface area (Å²) in [6.45, 7) is 3.69. The first-order chi connectivity index (χ1) is 8.61. The van der Waals surface area contributed by atoms with Crippen molar-refractivity contribution in [3.63, 3.8) is 0 Å². The van der Waals surface area contributed by atoms with Gasteiger partial charge in [-0.3, -0.25) is 4.79 Å². The van der Waals surface area contributed by atoms with Gasteiger partial charge in [0.2, 0.25) is 0 Å². The molecule has 0 bridgehead atoms. The minimum atomic E-state index is -0.00171. The van der Waals surface area contributed by atoms with Crippen LogP contribution in [0.4, 0.5) is 5.82 Å². The van der Waals surface area contributed by atoms with E-state index in [1.165, 1.54) is 19.0 Å². The lowest BCUT2D eigenvalue weighted by molar-refractivity contribution is 0.0747. The van der Waals surface area contributed by atoms with Crippen molar-refractivity contribution in [1.29, 1.82) is 0 Å². The highest BCUT2D eigenvalue weighted by Gasteiger charge is 2.27. The van der Waals surface area contributed by atoms with Gasteiger partial charge >= 0.3 is 0 Å². The van der Waals surface area contributed by atoms with Crippen LogP contribution in [-0.4, -0.2) is 28.9 Å². The van der Waals surface area contributed by atoms with Gasteiger partial charge in [-0.15, -0.1) is 0 Å². The number of rotatable bonds is 5. The highest BCUT2D eigenvalue weighted by Crippen LogP contribution is 2.30. The second-order valence-corrected chi connectivity index (χ2v) is 5.19. The molecule has 2 N–H and O–H groups in total. The highest BCUT2D eigenvalue weighted by molar-refractivity contribution is 6.33. The van der Waals surface area contributed by atoms with E-state index in [4.69, 9.17) is 17.3 Å². The molecule has 0 aromatic carbocycles. The number of anilines is 1. The molecule has 0 unspecified atom stereocenters. The maximum absolute atomic E-state index is 12.3. The molecule has 1 aliphatic carbocycles. The van der Waals surface area contributed by atoms with Gasteiger partial charge in [-0.05, 0) is 31.2 Å². The molecule has 2 rings (SSSR count). The van der Waals surface area contributed by atoms with Gasteiger partial charge in [0, 0.05) is 19.3 Å². The smallest absolute Gasteiger partial charge is 0.255 e. The third-order valence-electron chi connectivity index (χ3n) is 3.07. The Bertz CT molecular complexity index is 446. The number of halogens is 1. The van der Waals surface area contributed by atoms with Gasteiger partial charge < -0.3 is 10.6 Å². The monoisotopic (exact) mass is 267 g/mol. The summed E-state index contributed by atoms with van der Waals surface area (Å²) in [6, 6.07) is 1.60. The average molecular weight is 268 g/mol. The van der Waals surface area contributed by atoms with Crippen LogP contribution in [-0.2, 0) is 0 Å². The van der Waals surface area contributed by atoms with Crippen LogP contribution in [0.3, 0.4) is 0 Å². The van der Waals surface area contributed by atoms with Crippen LogP contribution in [0.5, 0.6) is 0 Å². The summed E-state index contributed by atoms with van der Waals surface area (Å²) in [5.74, 6) is 0.938. The Labute approximate surface area is 112 Å². The van der Waals surface area contributed by atoms with Crippen molar-refractivity contribution < 1.29 is 4.79 Å². The van der Waals surface area contributed by atoms with E-state index in [1.54, 1.807) is 6.07 Å². The molecular formula is C13H18ClN3O. The van der Waals surface area contributed by atoms with E-state index in [-0.39, 0.29) is 11.7 Å². The van der Waals surface area contributed by atoms with Crippen LogP contribution in [0.25, 0.3) is 0 Å². The number of carbonyl (C=O) groups is 1. The van der Waals surface area contributed by atoms with Crippen molar-refractivity contribution in [3.8, 4) is 0 Å². The maximum Gasteiger partial charge on any atom is 0.255 e. The third kappa shape index (κ3) is 3.13. The van der Waals surface area contributed by atoms with Gasteiger partial charge in [-0.2, -0.15) is 0 Å². The van der Waals surface area contributed by atoms with Crippen LogP contribution in [0.1, 0.15) is 36.5 Å². The predicted octanol–water partition coefficient (Wildman–Crippen LogP) is 2.58. The molecule has 0 aliphatic heterocycles. The minimum Gasteiger partial charge on any atom is -0.382 e. The fraction of sp³-hybridized carbons (Fsp3) is 0.538. The summed E-state index contributed by atoms with van der Waals surface area (Å²) in [5.41, 5.74) is 6.06. The largest absolute Gasteiger partial charge is 0.382 e. The van der Waals surface area contributed by atoms with Gasteiger partial charge in [-0.1, -0.05) is 18.5 Å². The summed E-state index contributed by atoms with van der Waals surface area (Å²) >= 11 is 5.90. The molecule has 98 valence electrons. The Hall–Kier alpha value is -1.29. The molecule has 0 saturated heterocycles. The van der Waals surface area contributed by atoms with Crippen molar-refractivity contribution in [2.75, 3.05) is 18.8 Å². The highest BCUT2D eigenvalue weighted by atomic mass is 35.5. The normalized spacial score (nSPS) is 14.6. The lowest BCUT2D eigenvalue weighted by atomic mass is 10.2. The van der Waals surface area contributed by atoms with E-state index in [0.29, 0.717) is 16.5 Å². The van der Waals surface area contributed by atoms with Gasteiger partial charge in [0.25, 0.3) is 5.91 Å². The van der Waals surface area contributed by atoms with Gasteiger partial charge in [-0.25, -0.2) is 4.98 Å². The lowest BCUT2D eigenvalue weighted by Crippen LogP contribution is -2.33.